The first-order valence-corrected chi connectivity index (χ1v) is 9.39. The van der Waals surface area contributed by atoms with Gasteiger partial charge in [-0.15, -0.1) is 0 Å². The van der Waals surface area contributed by atoms with E-state index in [1.165, 1.54) is 4.57 Å². The summed E-state index contributed by atoms with van der Waals surface area (Å²) in [5.41, 5.74) is 0.657. The molecule has 0 aliphatic rings. The minimum Gasteiger partial charge on any atom is -0.481 e. The zero-order chi connectivity index (χ0) is 20.4. The highest BCUT2D eigenvalue weighted by atomic mass is 16.5. The fourth-order valence-corrected chi connectivity index (χ4v) is 3.14. The molecule has 2 aromatic heterocycles. The number of aryl methyl sites for hydroxylation is 1. The van der Waals surface area contributed by atoms with Gasteiger partial charge >= 0.3 is 11.1 Å². The Morgan fingerprint density at radius 3 is 2.72 bits per heavy atom. The Morgan fingerprint density at radius 2 is 1.97 bits per heavy atom. The number of aromatic amines is 1. The quantitative estimate of drug-likeness (QED) is 0.505. The monoisotopic (exact) mass is 392 g/mol. The molecule has 0 fully saturated rings. The third-order valence-electron chi connectivity index (χ3n) is 4.53. The van der Waals surface area contributed by atoms with Crippen LogP contribution in [0.5, 0.6) is 5.75 Å². The third kappa shape index (κ3) is 3.69. The van der Waals surface area contributed by atoms with Gasteiger partial charge in [0.15, 0.2) is 6.10 Å². The lowest BCUT2D eigenvalue weighted by molar-refractivity contribution is 0.176. The van der Waals surface area contributed by atoms with E-state index in [2.05, 4.69) is 15.1 Å². The van der Waals surface area contributed by atoms with Crippen molar-refractivity contribution >= 4 is 11.0 Å². The van der Waals surface area contributed by atoms with Crippen molar-refractivity contribution < 1.29 is 9.26 Å². The highest BCUT2D eigenvalue weighted by Gasteiger charge is 2.17. The highest BCUT2D eigenvalue weighted by molar-refractivity contribution is 5.80. The van der Waals surface area contributed by atoms with Crippen LogP contribution >= 0.6 is 0 Å². The van der Waals surface area contributed by atoms with Gasteiger partial charge in [0.05, 0.1) is 11.0 Å². The fraction of sp³-hybridized carbons (Fsp3) is 0.238. The van der Waals surface area contributed by atoms with Gasteiger partial charge in [0.2, 0.25) is 5.82 Å². The number of benzene rings is 2. The van der Waals surface area contributed by atoms with Crippen LogP contribution in [-0.4, -0.2) is 19.7 Å². The van der Waals surface area contributed by atoms with Crippen LogP contribution in [-0.2, 0) is 6.54 Å². The molecule has 0 aliphatic carbocycles. The second-order valence-electron chi connectivity index (χ2n) is 6.67. The summed E-state index contributed by atoms with van der Waals surface area (Å²) in [5, 5.41) is 4.03. The third-order valence-corrected chi connectivity index (χ3v) is 4.53. The lowest BCUT2D eigenvalue weighted by atomic mass is 10.1. The van der Waals surface area contributed by atoms with Gasteiger partial charge in [-0.1, -0.05) is 30.3 Å². The predicted molar refractivity (Wildman–Crippen MR) is 108 cm³/mol. The Balaban J connectivity index is 1.66. The number of nitrogens with one attached hydrogen (secondary N) is 1. The van der Waals surface area contributed by atoms with E-state index >= 15 is 0 Å². The molecule has 1 atom stereocenters. The molecule has 1 unspecified atom stereocenters. The van der Waals surface area contributed by atoms with E-state index < -0.39 is 17.2 Å². The maximum absolute atomic E-state index is 12.1. The SMILES string of the molecule is CCCn1c(=O)c(=O)[nH]c2cc(-c3noc(C(C)Oc4ccccc4)n3)ccc21. The molecular weight excluding hydrogens is 372 g/mol. The number of fused-ring (bicyclic) bond motifs is 1. The highest BCUT2D eigenvalue weighted by Crippen LogP contribution is 2.24. The summed E-state index contributed by atoms with van der Waals surface area (Å²) >= 11 is 0. The van der Waals surface area contributed by atoms with Crippen LogP contribution < -0.4 is 15.9 Å². The number of hydrogen-bond donors (Lipinski definition) is 1. The zero-order valence-corrected chi connectivity index (χ0v) is 16.1. The number of H-pyrrole nitrogens is 1. The molecular formula is C21H20N4O4. The van der Waals surface area contributed by atoms with Crippen LogP contribution in [0.3, 0.4) is 0 Å². The van der Waals surface area contributed by atoms with Crippen LogP contribution in [0.25, 0.3) is 22.4 Å². The summed E-state index contributed by atoms with van der Waals surface area (Å²) in [6.07, 6.45) is 0.321. The summed E-state index contributed by atoms with van der Waals surface area (Å²) in [7, 11) is 0. The van der Waals surface area contributed by atoms with E-state index in [0.717, 1.165) is 6.42 Å². The minimum absolute atomic E-state index is 0.341. The smallest absolute Gasteiger partial charge is 0.316 e. The molecule has 0 spiro atoms. The average Bonchev–Trinajstić information content (AvgIpc) is 3.22. The van der Waals surface area contributed by atoms with Crippen LogP contribution in [0.4, 0.5) is 0 Å². The van der Waals surface area contributed by atoms with Crippen LogP contribution in [0.1, 0.15) is 32.3 Å². The van der Waals surface area contributed by atoms with E-state index in [1.54, 1.807) is 18.2 Å². The number of para-hydroxylation sites is 1. The normalized spacial score (nSPS) is 12.2. The molecule has 4 rings (SSSR count). The molecule has 1 N–H and O–H groups in total. The van der Waals surface area contributed by atoms with Crippen molar-refractivity contribution in [3.63, 3.8) is 0 Å². The fourth-order valence-electron chi connectivity index (χ4n) is 3.14. The van der Waals surface area contributed by atoms with Crippen LogP contribution in [0, 0.1) is 0 Å². The number of rotatable bonds is 6. The summed E-state index contributed by atoms with van der Waals surface area (Å²) in [5.74, 6) is 1.42. The first kappa shape index (κ1) is 18.7. The van der Waals surface area contributed by atoms with Gasteiger partial charge in [-0.05, 0) is 43.7 Å². The van der Waals surface area contributed by atoms with Gasteiger partial charge in [-0.3, -0.25) is 9.59 Å². The van der Waals surface area contributed by atoms with E-state index in [9.17, 15) is 9.59 Å². The van der Waals surface area contributed by atoms with Gasteiger partial charge in [0.1, 0.15) is 5.75 Å². The second kappa shape index (κ2) is 7.75. The maximum Gasteiger partial charge on any atom is 0.316 e. The van der Waals surface area contributed by atoms with E-state index in [1.807, 2.05) is 44.2 Å². The number of ether oxygens (including phenoxy) is 1. The number of aromatic nitrogens is 4. The lowest BCUT2D eigenvalue weighted by Crippen LogP contribution is -2.36. The second-order valence-corrected chi connectivity index (χ2v) is 6.67. The van der Waals surface area contributed by atoms with Crippen LogP contribution in [0.2, 0.25) is 0 Å². The van der Waals surface area contributed by atoms with Crippen molar-refractivity contribution in [1.29, 1.82) is 0 Å². The first-order chi connectivity index (χ1) is 14.1. The Morgan fingerprint density at radius 1 is 1.17 bits per heavy atom. The van der Waals surface area contributed by atoms with E-state index in [-0.39, 0.29) is 0 Å². The maximum atomic E-state index is 12.1. The molecule has 0 aliphatic heterocycles. The summed E-state index contributed by atoms with van der Waals surface area (Å²) in [4.78, 5) is 31.2. The molecule has 29 heavy (non-hydrogen) atoms. The molecule has 0 saturated carbocycles. The predicted octanol–water partition coefficient (Wildman–Crippen LogP) is 3.29. The van der Waals surface area contributed by atoms with Gasteiger partial charge in [0.25, 0.3) is 5.89 Å². The Hall–Kier alpha value is -3.68. The minimum atomic E-state index is -0.651. The Kier molecular flexibility index (Phi) is 4.99. The molecule has 0 bridgehead atoms. The summed E-state index contributed by atoms with van der Waals surface area (Å²) in [6.45, 7) is 4.25. The Bertz CT molecular complexity index is 1260. The van der Waals surface area contributed by atoms with Gasteiger partial charge in [-0.25, -0.2) is 0 Å². The van der Waals surface area contributed by atoms with E-state index in [4.69, 9.17) is 9.26 Å². The molecule has 4 aromatic rings. The van der Waals surface area contributed by atoms with Gasteiger partial charge in [-0.2, -0.15) is 4.98 Å². The topological polar surface area (TPSA) is 103 Å². The number of nitrogens with zero attached hydrogens (tertiary/aromatic N) is 3. The van der Waals surface area contributed by atoms with Crippen molar-refractivity contribution in [2.75, 3.05) is 0 Å². The molecule has 0 saturated heterocycles. The molecule has 2 heterocycles. The molecule has 8 heteroatoms. The van der Waals surface area contributed by atoms with Crippen molar-refractivity contribution in [2.24, 2.45) is 0 Å². The van der Waals surface area contributed by atoms with Crippen molar-refractivity contribution in [3.8, 4) is 17.1 Å². The van der Waals surface area contributed by atoms with Crippen LogP contribution in [0.15, 0.2) is 62.6 Å². The molecule has 0 radical (unpaired) electrons. The molecule has 148 valence electrons. The summed E-state index contributed by atoms with van der Waals surface area (Å²) in [6, 6.07) is 14.7. The molecule has 8 nitrogen and oxygen atoms in total. The molecule has 2 aromatic carbocycles. The molecule has 0 amide bonds. The van der Waals surface area contributed by atoms with Crippen molar-refractivity contribution in [1.82, 2.24) is 19.7 Å². The van der Waals surface area contributed by atoms with Crippen molar-refractivity contribution in [3.05, 3.63) is 75.1 Å². The van der Waals surface area contributed by atoms with Gasteiger partial charge < -0.3 is 18.8 Å². The Labute approximate surface area is 165 Å². The average molecular weight is 392 g/mol. The van der Waals surface area contributed by atoms with E-state index in [0.29, 0.717) is 40.6 Å². The van der Waals surface area contributed by atoms with Crippen molar-refractivity contribution in [2.45, 2.75) is 32.9 Å². The summed E-state index contributed by atoms with van der Waals surface area (Å²) < 4.78 is 12.6. The largest absolute Gasteiger partial charge is 0.481 e. The zero-order valence-electron chi connectivity index (χ0n) is 16.1. The first-order valence-electron chi connectivity index (χ1n) is 9.39. The van der Waals surface area contributed by atoms with Gasteiger partial charge in [0, 0.05) is 12.1 Å². The standard InChI is InChI=1S/C21H20N4O4/c1-3-11-25-17-10-9-14(12-16(17)22-19(26)21(25)27)18-23-20(29-24-18)13(2)28-15-7-5-4-6-8-15/h4-10,12-13H,3,11H2,1-2H3,(H,22,26). The number of hydrogen-bond acceptors (Lipinski definition) is 6. The lowest BCUT2D eigenvalue weighted by Gasteiger charge is -2.10.